The molecule has 1 heterocycles. The highest BCUT2D eigenvalue weighted by atomic mass is 32.1. The van der Waals surface area contributed by atoms with Crippen LogP contribution in [-0.2, 0) is 6.42 Å². The van der Waals surface area contributed by atoms with Crippen molar-refractivity contribution in [3.8, 4) is 0 Å². The van der Waals surface area contributed by atoms with Crippen molar-refractivity contribution in [3.63, 3.8) is 0 Å². The van der Waals surface area contributed by atoms with Gasteiger partial charge in [-0.05, 0) is 37.5 Å². The maximum absolute atomic E-state index is 13.4. The molecule has 0 bridgehead atoms. The number of aryl methyl sites for hydroxylation is 1. The minimum absolute atomic E-state index is 0.215. The molecule has 4 nitrogen and oxygen atoms in total. The number of hydrogen-bond donors (Lipinski definition) is 2. The highest BCUT2D eigenvalue weighted by Gasteiger charge is 2.13. The van der Waals surface area contributed by atoms with Crippen molar-refractivity contribution >= 4 is 28.6 Å². The fourth-order valence-electron chi connectivity index (χ4n) is 1.55. The van der Waals surface area contributed by atoms with Crippen LogP contribution < -0.4 is 11.1 Å². The minimum atomic E-state index is -0.642. The molecule has 1 aromatic heterocycles. The fraction of sp³-hybridized carbons (Fsp3) is 0.273. The van der Waals surface area contributed by atoms with Gasteiger partial charge in [-0.3, -0.25) is 5.32 Å². The van der Waals surface area contributed by atoms with Gasteiger partial charge in [0.05, 0.1) is 5.69 Å². The summed E-state index contributed by atoms with van der Waals surface area (Å²) in [6.07, 6.45) is 4.40. The number of carbonyl (C=O) groups excluding carboxylic acids is 1. The van der Waals surface area contributed by atoms with Crippen molar-refractivity contribution in [1.29, 1.82) is 0 Å². The molecule has 2 rings (SSSR count). The van der Waals surface area contributed by atoms with Crippen molar-refractivity contribution in [2.75, 3.05) is 5.32 Å². The van der Waals surface area contributed by atoms with E-state index in [2.05, 4.69) is 10.3 Å². The quantitative estimate of drug-likeness (QED) is 0.808. The Morgan fingerprint density at radius 1 is 1.53 bits per heavy atom. The van der Waals surface area contributed by atoms with E-state index in [-0.39, 0.29) is 5.83 Å². The van der Waals surface area contributed by atoms with E-state index in [0.717, 1.165) is 16.9 Å². The predicted octanol–water partition coefficient (Wildman–Crippen LogP) is 2.84. The third-order valence-corrected chi connectivity index (χ3v) is 3.53. The van der Waals surface area contributed by atoms with Gasteiger partial charge in [0.2, 0.25) is 0 Å². The zero-order chi connectivity index (χ0) is 12.4. The largest absolute Gasteiger partial charge is 0.351 e. The normalized spacial score (nSPS) is 15.2. The number of thiazole rings is 1. The number of nitrogens with two attached hydrogens (primary N) is 1. The SMILES string of the molecule is CC1=C(F)C=Cc2nc(NC(N)=O)sc2CC1. The van der Waals surface area contributed by atoms with Crippen molar-refractivity contribution < 1.29 is 9.18 Å². The number of nitrogens with zero attached hydrogens (tertiary/aromatic N) is 1. The van der Waals surface area contributed by atoms with Gasteiger partial charge < -0.3 is 5.73 Å². The number of hydrogen-bond acceptors (Lipinski definition) is 3. The number of primary amides is 1. The molecule has 0 radical (unpaired) electrons. The summed E-state index contributed by atoms with van der Waals surface area (Å²) in [5.74, 6) is -0.215. The molecule has 90 valence electrons. The first-order valence-electron chi connectivity index (χ1n) is 5.16. The van der Waals surface area contributed by atoms with Crippen molar-refractivity contribution in [2.24, 2.45) is 5.73 Å². The number of amides is 2. The Bertz CT molecular complexity index is 519. The third-order valence-electron chi connectivity index (χ3n) is 2.48. The first-order chi connectivity index (χ1) is 8.06. The highest BCUT2D eigenvalue weighted by Crippen LogP contribution is 2.29. The van der Waals surface area contributed by atoms with Crippen LogP contribution in [0.2, 0.25) is 0 Å². The number of halogens is 1. The standard InChI is InChI=1S/C11H12FN3OS/c1-6-2-5-9-8(4-3-7(6)12)14-11(17-9)15-10(13)16/h3-4H,2,5H2,1H3,(H3,13,14,15,16). The molecule has 1 aliphatic rings. The van der Waals surface area contributed by atoms with Crippen LogP contribution in [0.15, 0.2) is 17.5 Å². The molecule has 0 spiro atoms. The molecule has 17 heavy (non-hydrogen) atoms. The summed E-state index contributed by atoms with van der Waals surface area (Å²) < 4.78 is 13.4. The van der Waals surface area contributed by atoms with Gasteiger partial charge >= 0.3 is 6.03 Å². The van der Waals surface area contributed by atoms with Crippen LogP contribution in [-0.4, -0.2) is 11.0 Å². The molecule has 0 fully saturated rings. The van der Waals surface area contributed by atoms with Gasteiger partial charge in [0.1, 0.15) is 5.83 Å². The number of urea groups is 1. The molecule has 0 aromatic carbocycles. The lowest BCUT2D eigenvalue weighted by Crippen LogP contribution is -2.18. The van der Waals surface area contributed by atoms with E-state index in [1.807, 2.05) is 0 Å². The average Bonchev–Trinajstić information content (AvgIpc) is 2.62. The number of carbonyl (C=O) groups is 1. The molecule has 3 N–H and O–H groups in total. The maximum Gasteiger partial charge on any atom is 0.318 e. The Balaban J connectivity index is 2.29. The monoisotopic (exact) mass is 253 g/mol. The Labute approximate surface area is 102 Å². The second-order valence-corrected chi connectivity index (χ2v) is 4.86. The van der Waals surface area contributed by atoms with Crippen LogP contribution in [0.25, 0.3) is 6.08 Å². The van der Waals surface area contributed by atoms with Crippen LogP contribution in [0.4, 0.5) is 14.3 Å². The molecule has 0 saturated carbocycles. The number of nitrogens with one attached hydrogen (secondary N) is 1. The molecular formula is C11H12FN3OS. The molecular weight excluding hydrogens is 241 g/mol. The van der Waals surface area contributed by atoms with E-state index in [9.17, 15) is 9.18 Å². The summed E-state index contributed by atoms with van der Waals surface area (Å²) in [6.45, 7) is 1.77. The second kappa shape index (κ2) is 4.67. The topological polar surface area (TPSA) is 68.0 Å². The van der Waals surface area contributed by atoms with E-state index in [4.69, 9.17) is 5.73 Å². The summed E-state index contributed by atoms with van der Waals surface area (Å²) in [5.41, 5.74) is 6.44. The Morgan fingerprint density at radius 3 is 3.00 bits per heavy atom. The van der Waals surface area contributed by atoms with Crippen molar-refractivity contribution in [1.82, 2.24) is 4.98 Å². The van der Waals surface area contributed by atoms with Gasteiger partial charge in [0, 0.05) is 4.88 Å². The summed E-state index contributed by atoms with van der Waals surface area (Å²) >= 11 is 1.37. The lowest BCUT2D eigenvalue weighted by atomic mass is 10.1. The van der Waals surface area contributed by atoms with Crippen LogP contribution in [0, 0.1) is 0 Å². The van der Waals surface area contributed by atoms with Crippen LogP contribution in [0.1, 0.15) is 23.9 Å². The van der Waals surface area contributed by atoms with Gasteiger partial charge in [0.15, 0.2) is 5.13 Å². The lowest BCUT2D eigenvalue weighted by molar-refractivity contribution is 0.259. The molecule has 0 atom stereocenters. The Morgan fingerprint density at radius 2 is 2.29 bits per heavy atom. The van der Waals surface area contributed by atoms with Crippen LogP contribution >= 0.6 is 11.3 Å². The molecule has 1 aromatic rings. The summed E-state index contributed by atoms with van der Waals surface area (Å²) in [7, 11) is 0. The average molecular weight is 253 g/mol. The van der Waals surface area contributed by atoms with E-state index in [1.165, 1.54) is 17.4 Å². The molecule has 1 aliphatic carbocycles. The summed E-state index contributed by atoms with van der Waals surface area (Å²) in [4.78, 5) is 15.9. The molecule has 0 aliphatic heterocycles. The second-order valence-electron chi connectivity index (χ2n) is 3.78. The van der Waals surface area contributed by atoms with Crippen LogP contribution in [0.3, 0.4) is 0 Å². The van der Waals surface area contributed by atoms with E-state index < -0.39 is 6.03 Å². The van der Waals surface area contributed by atoms with Gasteiger partial charge in [-0.25, -0.2) is 14.2 Å². The minimum Gasteiger partial charge on any atom is -0.351 e. The zero-order valence-corrected chi connectivity index (χ0v) is 10.1. The number of fused-ring (bicyclic) bond motifs is 1. The van der Waals surface area contributed by atoms with E-state index in [0.29, 0.717) is 17.2 Å². The van der Waals surface area contributed by atoms with E-state index in [1.54, 1.807) is 13.0 Å². The van der Waals surface area contributed by atoms with Gasteiger partial charge in [-0.1, -0.05) is 0 Å². The maximum atomic E-state index is 13.4. The smallest absolute Gasteiger partial charge is 0.318 e. The summed E-state index contributed by atoms with van der Waals surface area (Å²) in [5, 5.41) is 2.88. The number of aromatic nitrogens is 1. The third kappa shape index (κ3) is 2.71. The lowest BCUT2D eigenvalue weighted by Gasteiger charge is -2.04. The first kappa shape index (κ1) is 11.8. The Kier molecular flexibility index (Phi) is 3.23. The molecule has 0 saturated heterocycles. The number of allylic oxidation sites excluding steroid dienone is 3. The number of anilines is 1. The molecule has 2 amide bonds. The zero-order valence-electron chi connectivity index (χ0n) is 9.29. The highest BCUT2D eigenvalue weighted by molar-refractivity contribution is 7.16. The fourth-order valence-corrected chi connectivity index (χ4v) is 2.50. The number of rotatable bonds is 1. The van der Waals surface area contributed by atoms with E-state index >= 15 is 0 Å². The van der Waals surface area contributed by atoms with Gasteiger partial charge in [0.25, 0.3) is 0 Å². The first-order valence-corrected chi connectivity index (χ1v) is 5.97. The van der Waals surface area contributed by atoms with Gasteiger partial charge in [-0.15, -0.1) is 11.3 Å². The van der Waals surface area contributed by atoms with Crippen molar-refractivity contribution in [3.05, 3.63) is 28.0 Å². The van der Waals surface area contributed by atoms with Crippen LogP contribution in [0.5, 0.6) is 0 Å². The van der Waals surface area contributed by atoms with Gasteiger partial charge in [-0.2, -0.15) is 0 Å². The van der Waals surface area contributed by atoms with Crippen molar-refractivity contribution in [2.45, 2.75) is 19.8 Å². The summed E-state index contributed by atoms with van der Waals surface area (Å²) in [6, 6.07) is -0.642. The molecule has 6 heteroatoms. The molecule has 0 unspecified atom stereocenters. The predicted molar refractivity (Wildman–Crippen MR) is 66.5 cm³/mol. The Hall–Kier alpha value is -1.69.